The first-order valence-corrected chi connectivity index (χ1v) is 15.2. The highest BCUT2D eigenvalue weighted by atomic mass is 79.9. The number of methoxy groups -OCH3 is 1. The van der Waals surface area contributed by atoms with Crippen LogP contribution in [0.5, 0.6) is 0 Å². The van der Waals surface area contributed by atoms with E-state index in [4.69, 9.17) is 16.3 Å². The van der Waals surface area contributed by atoms with Gasteiger partial charge in [0.25, 0.3) is 0 Å². The minimum absolute atomic E-state index is 0.164. The number of ether oxygens (including phenoxy) is 1. The number of benzene rings is 3. The minimum atomic E-state index is -1.17. The molecule has 3 aromatic rings. The number of anilines is 2. The molecule has 1 saturated carbocycles. The van der Waals surface area contributed by atoms with E-state index < -0.39 is 29.2 Å². The molecule has 1 N–H and O–H groups in total. The monoisotopic (exact) mass is 651 g/mol. The van der Waals surface area contributed by atoms with Crippen molar-refractivity contribution in [2.45, 2.75) is 36.8 Å². The van der Waals surface area contributed by atoms with Gasteiger partial charge in [-0.2, -0.15) is 0 Å². The summed E-state index contributed by atoms with van der Waals surface area (Å²) in [6.45, 7) is 0.994. The molecule has 10 heteroatoms. The van der Waals surface area contributed by atoms with Crippen molar-refractivity contribution in [2.75, 3.05) is 30.4 Å². The molecule has 0 unspecified atom stereocenters. The fraction of sp³-hybridized carbons (Fsp3) is 0.344. The summed E-state index contributed by atoms with van der Waals surface area (Å²) in [6, 6.07) is 16.9. The van der Waals surface area contributed by atoms with E-state index in [1.54, 1.807) is 59.5 Å². The lowest BCUT2D eigenvalue weighted by Gasteiger charge is -2.46. The van der Waals surface area contributed by atoms with E-state index in [1.807, 2.05) is 6.07 Å². The van der Waals surface area contributed by atoms with Crippen LogP contribution in [0.1, 0.15) is 40.2 Å². The highest BCUT2D eigenvalue weighted by Gasteiger charge is 2.69. The zero-order valence-corrected chi connectivity index (χ0v) is 25.1. The van der Waals surface area contributed by atoms with E-state index in [1.165, 1.54) is 7.11 Å². The highest BCUT2D eigenvalue weighted by Crippen LogP contribution is 2.58. The molecular formula is C32H28BrClFN3O4. The summed E-state index contributed by atoms with van der Waals surface area (Å²) in [4.78, 5) is 44.8. The maximum absolute atomic E-state index is 16.0. The topological polar surface area (TPSA) is 79.0 Å². The molecule has 2 amide bonds. The predicted octanol–water partition coefficient (Wildman–Crippen LogP) is 5.80. The molecule has 1 spiro atoms. The van der Waals surface area contributed by atoms with Crippen LogP contribution in [0, 0.1) is 17.7 Å². The molecule has 216 valence electrons. The van der Waals surface area contributed by atoms with Gasteiger partial charge in [0.05, 0.1) is 23.1 Å². The van der Waals surface area contributed by atoms with E-state index in [0.717, 1.165) is 18.4 Å². The lowest BCUT2D eigenvalue weighted by Crippen LogP contribution is -2.62. The summed E-state index contributed by atoms with van der Waals surface area (Å²) in [5, 5.41) is 3.61. The number of hydrogen-bond donors (Lipinski definition) is 1. The van der Waals surface area contributed by atoms with E-state index >= 15 is 4.39 Å². The van der Waals surface area contributed by atoms with Crippen LogP contribution in [-0.2, 0) is 20.7 Å². The van der Waals surface area contributed by atoms with Crippen molar-refractivity contribution in [1.29, 1.82) is 0 Å². The molecule has 3 fully saturated rings. The lowest BCUT2D eigenvalue weighted by atomic mass is 9.69. The van der Waals surface area contributed by atoms with Gasteiger partial charge in [0, 0.05) is 47.9 Å². The van der Waals surface area contributed by atoms with Crippen molar-refractivity contribution >= 4 is 56.7 Å². The lowest BCUT2D eigenvalue weighted by molar-refractivity contribution is -0.129. The van der Waals surface area contributed by atoms with Crippen LogP contribution in [0.3, 0.4) is 0 Å². The summed E-state index contributed by atoms with van der Waals surface area (Å²) in [5.41, 5.74) is 1.76. The molecule has 4 aliphatic rings. The van der Waals surface area contributed by atoms with Gasteiger partial charge in [0.1, 0.15) is 11.4 Å². The van der Waals surface area contributed by atoms with Crippen molar-refractivity contribution in [1.82, 2.24) is 4.90 Å². The van der Waals surface area contributed by atoms with Crippen LogP contribution >= 0.6 is 27.5 Å². The second kappa shape index (κ2) is 10.2. The Balaban J connectivity index is 1.37. The molecule has 42 heavy (non-hydrogen) atoms. The number of carbonyl (C=O) groups excluding carboxylic acids is 3. The molecule has 2 saturated heterocycles. The Hall–Kier alpha value is -3.27. The quantitative estimate of drug-likeness (QED) is 0.353. The number of halogens is 3. The second-order valence-electron chi connectivity index (χ2n) is 11.7. The highest BCUT2D eigenvalue weighted by molar-refractivity contribution is 9.10. The SMILES string of the molecule is COC(=O)c1ccc(N2C[C@H]3[C@@H](C2=O)[C@H](c2cccc(Br)c2F)[C@@]2(Cc4ccc(Cl)cc4NC2=O)N3CC2CC2)cc1. The second-order valence-corrected chi connectivity index (χ2v) is 12.9. The molecule has 3 heterocycles. The zero-order chi connectivity index (χ0) is 29.3. The number of fused-ring (bicyclic) bond motifs is 2. The average molecular weight is 653 g/mol. The van der Waals surface area contributed by atoms with Crippen molar-refractivity contribution in [3.63, 3.8) is 0 Å². The number of carbonyl (C=O) groups is 3. The third-order valence-corrected chi connectivity index (χ3v) is 10.2. The van der Waals surface area contributed by atoms with Crippen molar-refractivity contribution in [3.8, 4) is 0 Å². The molecule has 7 rings (SSSR count). The van der Waals surface area contributed by atoms with Crippen LogP contribution in [0.15, 0.2) is 65.1 Å². The normalized spacial score (nSPS) is 26.8. The summed E-state index contributed by atoms with van der Waals surface area (Å²) < 4.78 is 21.2. The Labute approximate surface area is 256 Å². The molecule has 3 aliphatic heterocycles. The summed E-state index contributed by atoms with van der Waals surface area (Å²) in [5.74, 6) is -2.31. The van der Waals surface area contributed by atoms with Crippen LogP contribution in [0.2, 0.25) is 5.02 Å². The Morgan fingerprint density at radius 2 is 1.90 bits per heavy atom. The zero-order valence-electron chi connectivity index (χ0n) is 22.8. The molecule has 7 nitrogen and oxygen atoms in total. The fourth-order valence-corrected chi connectivity index (χ4v) is 7.84. The number of nitrogens with zero attached hydrogens (tertiary/aromatic N) is 2. The van der Waals surface area contributed by atoms with Gasteiger partial charge >= 0.3 is 5.97 Å². The largest absolute Gasteiger partial charge is 0.465 e. The van der Waals surface area contributed by atoms with Crippen LogP contribution in [0.25, 0.3) is 0 Å². The summed E-state index contributed by atoms with van der Waals surface area (Å²) in [6.07, 6.45) is 2.45. The minimum Gasteiger partial charge on any atom is -0.465 e. The molecule has 0 aromatic heterocycles. The molecule has 1 aliphatic carbocycles. The number of rotatable bonds is 5. The van der Waals surface area contributed by atoms with Crippen LogP contribution in [0.4, 0.5) is 15.8 Å². The number of nitrogens with one attached hydrogen (secondary N) is 1. The molecule has 0 bridgehead atoms. The molecule has 3 aromatic carbocycles. The first kappa shape index (κ1) is 27.6. The Morgan fingerprint density at radius 1 is 1.14 bits per heavy atom. The first-order chi connectivity index (χ1) is 20.2. The van der Waals surface area contributed by atoms with E-state index in [2.05, 4.69) is 26.1 Å². The third kappa shape index (κ3) is 4.19. The van der Waals surface area contributed by atoms with Crippen molar-refractivity contribution in [3.05, 3.63) is 92.7 Å². The number of likely N-dealkylation sites (tertiary alicyclic amines) is 1. The van der Waals surface area contributed by atoms with Gasteiger partial charge in [0.2, 0.25) is 11.8 Å². The number of esters is 1. The third-order valence-electron chi connectivity index (χ3n) is 9.36. The van der Waals surface area contributed by atoms with Crippen molar-refractivity contribution in [2.24, 2.45) is 11.8 Å². The van der Waals surface area contributed by atoms with Gasteiger partial charge in [-0.15, -0.1) is 0 Å². The van der Waals surface area contributed by atoms with Crippen LogP contribution in [-0.4, -0.2) is 54.5 Å². The van der Waals surface area contributed by atoms with Crippen molar-refractivity contribution < 1.29 is 23.5 Å². The van der Waals surface area contributed by atoms with Crippen LogP contribution < -0.4 is 10.2 Å². The first-order valence-electron chi connectivity index (χ1n) is 14.0. The standard InChI is InChI=1S/C32H28BrClFN3O4/c1-42-30(40)18-8-11-21(12-9-18)37-16-25-26(29(37)39)27(22-3-2-4-23(33)28(22)35)32(38(25)15-17-5-6-17)14-19-7-10-20(34)13-24(19)36-31(32)41/h2-4,7-13,17,25-27H,5-6,14-16H2,1H3,(H,36,41)/t25-,26+,27-,32+/m0/s1. The average Bonchev–Trinajstić information content (AvgIpc) is 3.70. The Bertz CT molecular complexity index is 1630. The maximum Gasteiger partial charge on any atom is 0.337 e. The predicted molar refractivity (Wildman–Crippen MR) is 160 cm³/mol. The van der Waals surface area contributed by atoms with Gasteiger partial charge in [-0.05, 0) is 88.3 Å². The number of hydrogen-bond acceptors (Lipinski definition) is 5. The Kier molecular flexibility index (Phi) is 6.68. The van der Waals surface area contributed by atoms with Gasteiger partial charge < -0.3 is 15.0 Å². The van der Waals surface area contributed by atoms with E-state index in [0.29, 0.717) is 53.0 Å². The maximum atomic E-state index is 16.0. The van der Waals surface area contributed by atoms with Gasteiger partial charge in [-0.25, -0.2) is 9.18 Å². The molecule has 4 atom stereocenters. The molecular weight excluding hydrogens is 625 g/mol. The summed E-state index contributed by atoms with van der Waals surface area (Å²) in [7, 11) is 1.32. The number of amides is 2. The fourth-order valence-electron chi connectivity index (χ4n) is 7.28. The van der Waals surface area contributed by atoms with E-state index in [9.17, 15) is 14.4 Å². The van der Waals surface area contributed by atoms with Gasteiger partial charge in [0.15, 0.2) is 0 Å². The van der Waals surface area contributed by atoms with Gasteiger partial charge in [-0.3, -0.25) is 14.5 Å². The summed E-state index contributed by atoms with van der Waals surface area (Å²) >= 11 is 9.60. The van der Waals surface area contributed by atoms with E-state index in [-0.39, 0.29) is 22.3 Å². The van der Waals surface area contributed by atoms with Gasteiger partial charge in [-0.1, -0.05) is 29.8 Å². The smallest absolute Gasteiger partial charge is 0.337 e. The Morgan fingerprint density at radius 3 is 2.62 bits per heavy atom. The molecule has 0 radical (unpaired) electrons.